The van der Waals surface area contributed by atoms with Crippen LogP contribution in [-0.4, -0.2) is 34.9 Å². The van der Waals surface area contributed by atoms with Gasteiger partial charge in [-0.05, 0) is 91.8 Å². The summed E-state index contributed by atoms with van der Waals surface area (Å²) in [5.74, 6) is -1.09. The maximum atomic E-state index is 13.7. The number of benzene rings is 3. The Morgan fingerprint density at radius 1 is 0.709 bits per heavy atom. The minimum absolute atomic E-state index is 0.0711. The summed E-state index contributed by atoms with van der Waals surface area (Å²) in [5, 5.41) is 22.5. The van der Waals surface area contributed by atoms with Crippen LogP contribution < -0.4 is 9.80 Å². The van der Waals surface area contributed by atoms with Gasteiger partial charge in [-0.15, -0.1) is 0 Å². The van der Waals surface area contributed by atoms with E-state index in [1.165, 1.54) is 24.3 Å². The third kappa shape index (κ3) is 9.43. The number of phenols is 1. The molecule has 0 fully saturated rings. The van der Waals surface area contributed by atoms with Crippen LogP contribution in [0, 0.1) is 18.8 Å². The van der Waals surface area contributed by atoms with E-state index in [0.717, 1.165) is 81.3 Å². The summed E-state index contributed by atoms with van der Waals surface area (Å²) < 4.78 is 41.2. The highest BCUT2D eigenvalue weighted by Crippen LogP contribution is 2.44. The third-order valence-corrected chi connectivity index (χ3v) is 10.8. The fourth-order valence-corrected chi connectivity index (χ4v) is 7.40. The van der Waals surface area contributed by atoms with E-state index >= 15 is 0 Å². The highest BCUT2D eigenvalue weighted by Gasteiger charge is 2.40. The number of Topliss-reactive ketones (excluding diaryl/α,β-unsaturated/α-hetero) is 1. The number of aryl methyl sites for hydroxylation is 1. The minimum atomic E-state index is -4.53. The molecule has 0 aromatic heterocycles. The fraction of sp³-hybridized carbons (Fsp3) is 0.391. The number of aromatic hydroxyl groups is 1. The topological polar surface area (TPSA) is 81.1 Å². The number of hydrogen-bond donors (Lipinski definition) is 2. The average Bonchev–Trinajstić information content (AvgIpc) is 3.16. The van der Waals surface area contributed by atoms with Crippen molar-refractivity contribution < 1.29 is 33.0 Å². The van der Waals surface area contributed by atoms with E-state index in [1.54, 1.807) is 29.2 Å². The molecule has 3 aromatic rings. The second-order valence-corrected chi connectivity index (χ2v) is 14.8. The number of carbonyl (C=O) groups excluding carboxylic acids is 2. The van der Waals surface area contributed by atoms with E-state index in [4.69, 9.17) is 0 Å². The van der Waals surface area contributed by atoms with Crippen molar-refractivity contribution in [3.63, 3.8) is 0 Å². The lowest BCUT2D eigenvalue weighted by molar-refractivity contribution is -0.137. The number of halogens is 3. The number of nitrogens with zero attached hydrogens (tertiary/aromatic N) is 2. The average molecular weight is 755 g/mol. The lowest BCUT2D eigenvalue weighted by atomic mass is 9.79. The summed E-state index contributed by atoms with van der Waals surface area (Å²) in [6.45, 7) is 11.7. The van der Waals surface area contributed by atoms with Gasteiger partial charge in [0.15, 0.2) is 5.78 Å². The van der Waals surface area contributed by atoms with Gasteiger partial charge in [0.1, 0.15) is 11.5 Å². The van der Waals surface area contributed by atoms with Crippen LogP contribution in [0.3, 0.4) is 0 Å². The second kappa shape index (κ2) is 18.1. The maximum absolute atomic E-state index is 13.7. The quantitative estimate of drug-likeness (QED) is 0.134. The first-order valence-corrected chi connectivity index (χ1v) is 19.6. The van der Waals surface area contributed by atoms with Crippen molar-refractivity contribution in [2.45, 2.75) is 92.2 Å². The first-order chi connectivity index (χ1) is 26.3. The molecule has 55 heavy (non-hydrogen) atoms. The molecule has 2 N–H and O–H groups in total. The van der Waals surface area contributed by atoms with Crippen molar-refractivity contribution in [3.05, 3.63) is 124 Å². The number of unbranched alkanes of at least 4 members (excludes halogenated alkanes) is 2. The zero-order valence-electron chi connectivity index (χ0n) is 32.5. The molecule has 0 saturated heterocycles. The van der Waals surface area contributed by atoms with Gasteiger partial charge in [0, 0.05) is 59.1 Å². The lowest BCUT2D eigenvalue weighted by Crippen LogP contribution is -2.31. The molecular formula is C46H53F3N2O4. The van der Waals surface area contributed by atoms with E-state index in [0.29, 0.717) is 29.5 Å². The van der Waals surface area contributed by atoms with Crippen LogP contribution in [0.2, 0.25) is 0 Å². The Balaban J connectivity index is 1.46. The van der Waals surface area contributed by atoms with Crippen molar-refractivity contribution in [1.29, 1.82) is 0 Å². The number of allylic oxidation sites excluding steroid dienone is 6. The fourth-order valence-electron chi connectivity index (χ4n) is 7.40. The van der Waals surface area contributed by atoms with Gasteiger partial charge in [0.25, 0.3) is 0 Å². The third-order valence-electron chi connectivity index (χ3n) is 10.8. The summed E-state index contributed by atoms with van der Waals surface area (Å²) in [6.07, 6.45) is 8.32. The molecule has 6 nitrogen and oxygen atoms in total. The van der Waals surface area contributed by atoms with Crippen molar-refractivity contribution in [2.75, 3.05) is 22.9 Å². The van der Waals surface area contributed by atoms with Crippen LogP contribution >= 0.6 is 0 Å². The zero-order chi connectivity index (χ0) is 39.9. The van der Waals surface area contributed by atoms with Gasteiger partial charge in [-0.3, -0.25) is 9.59 Å². The first kappa shape index (κ1) is 41.1. The molecule has 0 spiro atoms. The summed E-state index contributed by atoms with van der Waals surface area (Å²) in [6, 6.07) is 17.8. The van der Waals surface area contributed by atoms with Crippen molar-refractivity contribution in [1.82, 2.24) is 0 Å². The molecule has 0 aliphatic heterocycles. The Morgan fingerprint density at radius 2 is 1.31 bits per heavy atom. The highest BCUT2D eigenvalue weighted by molar-refractivity contribution is 6.41. The molecule has 292 valence electrons. The molecule has 2 atom stereocenters. The number of rotatable bonds is 17. The largest absolute Gasteiger partial charge is 0.507 e. The first-order valence-electron chi connectivity index (χ1n) is 19.6. The van der Waals surface area contributed by atoms with Gasteiger partial charge in [-0.25, -0.2) is 0 Å². The summed E-state index contributed by atoms with van der Waals surface area (Å²) in [7, 11) is 0. The van der Waals surface area contributed by atoms with Gasteiger partial charge in [0.2, 0.25) is 5.78 Å². The number of ketones is 2. The summed E-state index contributed by atoms with van der Waals surface area (Å²) >= 11 is 0. The Kier molecular flexibility index (Phi) is 13.5. The van der Waals surface area contributed by atoms with Crippen molar-refractivity contribution in [3.8, 4) is 5.75 Å². The molecule has 9 heteroatoms. The summed E-state index contributed by atoms with van der Waals surface area (Å²) in [5.41, 5.74) is 2.67. The number of hydrogen-bond acceptors (Lipinski definition) is 6. The van der Waals surface area contributed by atoms with Gasteiger partial charge in [-0.2, -0.15) is 13.2 Å². The smallest absolute Gasteiger partial charge is 0.416 e. The van der Waals surface area contributed by atoms with Crippen LogP contribution in [-0.2, 0) is 15.8 Å². The molecular weight excluding hydrogens is 702 g/mol. The Morgan fingerprint density at radius 3 is 1.85 bits per heavy atom. The standard InChI is InChI=1S/C46H53F3N2O4/c1-6-10-15-31(8-3)28-50(34-18-12-14-30(5)24-34)36-20-22-38(40(52)26-36)42-44(54)43(45(42)55)39-23-21-37(27-41(39)53)51(29-32(9-4)16-11-7-2)35-19-13-17-33(25-35)46(47,48)49/h12-14,17-27,31-32,53-54H,6-11,15-16,28-29H2,1-5H3. The van der Waals surface area contributed by atoms with E-state index in [9.17, 15) is 33.0 Å². The SMILES string of the molecule is CCCCC(CC)CN(C1=CC(=O)C(=C2C(=O)C(c3ccc(N(CC(CC)CCCC)c4cccc(C(F)(F)F)c4)cc3O)=C2O)C=C1)c1cccc(C)c1. The molecule has 3 aromatic carbocycles. The maximum Gasteiger partial charge on any atom is 0.416 e. The van der Waals surface area contributed by atoms with Crippen molar-refractivity contribution >= 4 is 34.2 Å². The number of phenolic OH excluding ortho intramolecular Hbond substituents is 1. The van der Waals surface area contributed by atoms with Gasteiger partial charge in [-0.1, -0.05) is 84.4 Å². The molecule has 0 amide bonds. The van der Waals surface area contributed by atoms with Crippen LogP contribution in [0.1, 0.15) is 95.8 Å². The van der Waals surface area contributed by atoms with Crippen LogP contribution in [0.5, 0.6) is 5.75 Å². The molecule has 0 saturated carbocycles. The number of aliphatic hydroxyl groups is 1. The molecule has 2 unspecified atom stereocenters. The van der Waals surface area contributed by atoms with Gasteiger partial charge < -0.3 is 20.0 Å². The van der Waals surface area contributed by atoms with Crippen LogP contribution in [0.25, 0.3) is 5.57 Å². The van der Waals surface area contributed by atoms with Crippen LogP contribution in [0.4, 0.5) is 30.2 Å². The van der Waals surface area contributed by atoms with E-state index in [-0.39, 0.29) is 39.7 Å². The van der Waals surface area contributed by atoms with Crippen LogP contribution in [0.15, 0.2) is 108 Å². The summed E-state index contributed by atoms with van der Waals surface area (Å²) in [4.78, 5) is 31.2. The molecule has 0 radical (unpaired) electrons. The van der Waals surface area contributed by atoms with E-state index in [1.807, 2.05) is 32.0 Å². The minimum Gasteiger partial charge on any atom is -0.507 e. The predicted molar refractivity (Wildman–Crippen MR) is 216 cm³/mol. The number of alkyl halides is 3. The number of anilines is 3. The Hall–Kier alpha value is -5.05. The molecule has 5 rings (SSSR count). The van der Waals surface area contributed by atoms with E-state index < -0.39 is 23.3 Å². The molecule has 2 aliphatic carbocycles. The van der Waals surface area contributed by atoms with Crippen molar-refractivity contribution in [2.24, 2.45) is 11.8 Å². The number of aliphatic hydroxyl groups excluding tert-OH is 1. The number of carbonyl (C=O) groups is 2. The molecule has 2 aliphatic rings. The monoisotopic (exact) mass is 754 g/mol. The second-order valence-electron chi connectivity index (χ2n) is 14.8. The Bertz CT molecular complexity index is 2010. The van der Waals surface area contributed by atoms with Gasteiger partial charge >= 0.3 is 6.18 Å². The normalized spacial score (nSPS) is 16.9. The predicted octanol–water partition coefficient (Wildman–Crippen LogP) is 12.0. The molecule has 0 bridgehead atoms. The zero-order valence-corrected chi connectivity index (χ0v) is 32.5. The Labute approximate surface area is 323 Å². The molecule has 0 heterocycles. The van der Waals surface area contributed by atoms with E-state index in [2.05, 4.69) is 31.7 Å². The highest BCUT2D eigenvalue weighted by atomic mass is 19.4. The lowest BCUT2D eigenvalue weighted by Gasteiger charge is -2.32. The van der Waals surface area contributed by atoms with Gasteiger partial charge in [0.05, 0.1) is 16.7 Å².